The van der Waals surface area contributed by atoms with Crippen LogP contribution in [0.4, 0.5) is 0 Å². The molecule has 0 radical (unpaired) electrons. The fourth-order valence-electron chi connectivity index (χ4n) is 10.00. The molecule has 0 aliphatic heterocycles. The van der Waals surface area contributed by atoms with E-state index in [-0.39, 0.29) is 23.3 Å². The van der Waals surface area contributed by atoms with E-state index in [1.165, 1.54) is 75.3 Å². The second-order valence-corrected chi connectivity index (χ2v) is 16.3. The third kappa shape index (κ3) is 10.1. The number of aromatic hydroxyl groups is 1. The van der Waals surface area contributed by atoms with E-state index < -0.39 is 6.04 Å². The number of amides is 2. The van der Waals surface area contributed by atoms with Gasteiger partial charge < -0.3 is 20.8 Å². The van der Waals surface area contributed by atoms with Crippen LogP contribution in [0.5, 0.6) is 5.75 Å². The summed E-state index contributed by atoms with van der Waals surface area (Å²) in [6.07, 6.45) is 21.5. The summed E-state index contributed by atoms with van der Waals surface area (Å²) in [5.74, 6) is 2.80. The van der Waals surface area contributed by atoms with E-state index in [2.05, 4.69) is 30.5 Å². The molecule has 4 N–H and O–H groups in total. The Kier molecular flexibility index (Phi) is 14.7. The second-order valence-electron chi connectivity index (χ2n) is 16.3. The van der Waals surface area contributed by atoms with Crippen molar-refractivity contribution in [1.82, 2.24) is 10.6 Å². The van der Waals surface area contributed by atoms with Crippen molar-refractivity contribution < 1.29 is 19.8 Å². The van der Waals surface area contributed by atoms with Crippen LogP contribution in [-0.4, -0.2) is 40.7 Å². The van der Waals surface area contributed by atoms with Crippen LogP contribution in [0.15, 0.2) is 48.5 Å². The Hall–Kier alpha value is -2.86. The molecule has 3 aliphatic carbocycles. The largest absolute Gasteiger partial charge is 0.508 e. The molecule has 276 valence electrons. The second kappa shape index (κ2) is 19.1. The number of rotatable bonds is 20. The van der Waals surface area contributed by atoms with E-state index in [4.69, 9.17) is 0 Å². The molecule has 2 saturated carbocycles. The standard InChI is InChI=1S/C44H66N2O4/c1-3-4-13-21-41(49)46-39(29-32-18-14-12-15-19-32)43(50)45-28-17-11-9-7-5-6-8-10-16-20-33-30-34-31-35(47)22-23-36(34)37-26-27-44(2)38(42(33)37)24-25-40(44)48/h12,14-15,18-19,22-23,31,33,37-40,42,47-48H,3-11,13,16-17,20-21,24-30H2,1-2H3,(H,45,50)(H,46,49)/t33-,37-,38+,39+,40+,42-,44+/m1/s1. The van der Waals surface area contributed by atoms with Gasteiger partial charge in [0.25, 0.3) is 0 Å². The van der Waals surface area contributed by atoms with Gasteiger partial charge in [-0.1, -0.05) is 114 Å². The number of aliphatic hydroxyl groups excluding tert-OH is 1. The number of carbonyl (C=O) groups excluding carboxylic acids is 2. The van der Waals surface area contributed by atoms with Crippen molar-refractivity contribution in [3.63, 3.8) is 0 Å². The molecule has 0 saturated heterocycles. The molecule has 0 bridgehead atoms. The fourth-order valence-corrected chi connectivity index (χ4v) is 10.00. The number of phenolic OH excluding ortho intramolecular Hbond substituents is 1. The molecule has 2 aromatic carbocycles. The molecule has 6 nitrogen and oxygen atoms in total. The Labute approximate surface area is 302 Å². The predicted molar refractivity (Wildman–Crippen MR) is 203 cm³/mol. The lowest BCUT2D eigenvalue weighted by molar-refractivity contribution is -0.129. The fraction of sp³-hybridized carbons (Fsp3) is 0.682. The van der Waals surface area contributed by atoms with Crippen LogP contribution < -0.4 is 10.6 Å². The van der Waals surface area contributed by atoms with E-state index >= 15 is 0 Å². The molecule has 2 aromatic rings. The summed E-state index contributed by atoms with van der Waals surface area (Å²) >= 11 is 0. The van der Waals surface area contributed by atoms with Crippen LogP contribution in [0.25, 0.3) is 0 Å². The predicted octanol–water partition coefficient (Wildman–Crippen LogP) is 9.16. The normalized spacial score (nSPS) is 26.0. The maximum absolute atomic E-state index is 13.0. The van der Waals surface area contributed by atoms with Crippen molar-refractivity contribution in [2.24, 2.45) is 23.2 Å². The van der Waals surface area contributed by atoms with Gasteiger partial charge >= 0.3 is 0 Å². The third-order valence-corrected chi connectivity index (χ3v) is 12.8. The minimum Gasteiger partial charge on any atom is -0.508 e. The van der Waals surface area contributed by atoms with E-state index in [0.29, 0.717) is 48.8 Å². The molecular weight excluding hydrogens is 620 g/mol. The first-order valence-corrected chi connectivity index (χ1v) is 20.4. The van der Waals surface area contributed by atoms with Crippen molar-refractivity contribution in [2.75, 3.05) is 6.54 Å². The lowest BCUT2D eigenvalue weighted by Gasteiger charge is -2.53. The summed E-state index contributed by atoms with van der Waals surface area (Å²) in [6.45, 7) is 5.15. The van der Waals surface area contributed by atoms with Gasteiger partial charge in [-0.15, -0.1) is 0 Å². The first kappa shape index (κ1) is 38.4. The van der Waals surface area contributed by atoms with Gasteiger partial charge in [0.1, 0.15) is 11.8 Å². The summed E-state index contributed by atoms with van der Waals surface area (Å²) in [4.78, 5) is 25.5. The lowest BCUT2D eigenvalue weighted by atomic mass is 9.52. The Morgan fingerprint density at radius 1 is 0.880 bits per heavy atom. The Morgan fingerprint density at radius 2 is 1.60 bits per heavy atom. The van der Waals surface area contributed by atoms with Crippen molar-refractivity contribution in [3.8, 4) is 5.75 Å². The lowest BCUT2D eigenvalue weighted by Crippen LogP contribution is -2.48. The summed E-state index contributed by atoms with van der Waals surface area (Å²) < 4.78 is 0. The highest BCUT2D eigenvalue weighted by Gasteiger charge is 2.56. The maximum Gasteiger partial charge on any atom is 0.242 e. The average Bonchev–Trinajstić information content (AvgIpc) is 3.42. The topological polar surface area (TPSA) is 98.7 Å². The zero-order valence-corrected chi connectivity index (χ0v) is 31.1. The number of nitrogens with one attached hydrogen (secondary N) is 2. The van der Waals surface area contributed by atoms with E-state index in [9.17, 15) is 19.8 Å². The van der Waals surface area contributed by atoms with Crippen molar-refractivity contribution >= 4 is 11.8 Å². The van der Waals surface area contributed by atoms with Crippen molar-refractivity contribution in [3.05, 3.63) is 65.2 Å². The highest BCUT2D eigenvalue weighted by molar-refractivity contribution is 5.87. The third-order valence-electron chi connectivity index (χ3n) is 12.8. The van der Waals surface area contributed by atoms with Gasteiger partial charge in [-0.3, -0.25) is 9.59 Å². The van der Waals surface area contributed by atoms with E-state index in [1.807, 2.05) is 42.5 Å². The quantitative estimate of drug-likeness (QED) is 0.104. The number of aliphatic hydroxyl groups is 1. The average molecular weight is 687 g/mol. The van der Waals surface area contributed by atoms with Gasteiger partial charge in [-0.05, 0) is 109 Å². The van der Waals surface area contributed by atoms with Gasteiger partial charge in [0, 0.05) is 19.4 Å². The Bertz CT molecular complexity index is 1350. The number of carbonyl (C=O) groups is 2. The molecule has 2 fully saturated rings. The number of phenols is 1. The van der Waals surface area contributed by atoms with Crippen LogP contribution in [0, 0.1) is 23.2 Å². The number of unbranched alkanes of at least 4 members (excludes halogenated alkanes) is 10. The van der Waals surface area contributed by atoms with Gasteiger partial charge in [0.2, 0.25) is 11.8 Å². The minimum atomic E-state index is -0.534. The first-order chi connectivity index (χ1) is 24.3. The monoisotopic (exact) mass is 687 g/mol. The first-order valence-electron chi connectivity index (χ1n) is 20.4. The van der Waals surface area contributed by atoms with E-state index in [0.717, 1.165) is 56.9 Å². The zero-order chi connectivity index (χ0) is 35.3. The molecule has 7 atom stereocenters. The molecule has 3 aliphatic rings. The molecule has 0 aromatic heterocycles. The van der Waals surface area contributed by atoms with Crippen LogP contribution in [-0.2, 0) is 22.4 Å². The summed E-state index contributed by atoms with van der Waals surface area (Å²) in [5.41, 5.74) is 3.98. The van der Waals surface area contributed by atoms with Crippen LogP contribution in [0.3, 0.4) is 0 Å². The molecule has 0 spiro atoms. The Morgan fingerprint density at radius 3 is 2.34 bits per heavy atom. The summed E-state index contributed by atoms with van der Waals surface area (Å²) in [6, 6.07) is 15.5. The summed E-state index contributed by atoms with van der Waals surface area (Å²) in [5, 5.41) is 27.3. The van der Waals surface area contributed by atoms with Crippen LogP contribution in [0.1, 0.15) is 152 Å². The molecular formula is C44H66N2O4. The number of fused-ring (bicyclic) bond motifs is 5. The molecule has 50 heavy (non-hydrogen) atoms. The zero-order valence-electron chi connectivity index (χ0n) is 31.1. The molecule has 0 unspecified atom stereocenters. The molecule has 6 heteroatoms. The number of hydrogen-bond acceptors (Lipinski definition) is 4. The van der Waals surface area contributed by atoms with Crippen molar-refractivity contribution in [1.29, 1.82) is 0 Å². The van der Waals surface area contributed by atoms with Gasteiger partial charge in [-0.2, -0.15) is 0 Å². The van der Waals surface area contributed by atoms with Crippen molar-refractivity contribution in [2.45, 2.75) is 160 Å². The van der Waals surface area contributed by atoms with Gasteiger partial charge in [0.15, 0.2) is 0 Å². The Balaban J connectivity index is 0.959. The molecule has 0 heterocycles. The highest BCUT2D eigenvalue weighted by Crippen LogP contribution is 2.62. The summed E-state index contributed by atoms with van der Waals surface area (Å²) in [7, 11) is 0. The van der Waals surface area contributed by atoms with Gasteiger partial charge in [-0.25, -0.2) is 0 Å². The van der Waals surface area contributed by atoms with Crippen LogP contribution >= 0.6 is 0 Å². The number of benzene rings is 2. The smallest absolute Gasteiger partial charge is 0.242 e. The SMILES string of the molecule is CCCCCC(=O)N[C@@H](Cc1ccccc1)C(=O)NCCCCCCCCCCC[C@@H]1Cc2cc(O)ccc2[C@H]2CC[C@]3(C)[C@@H](O)CC[C@H]3[C@H]12. The van der Waals surface area contributed by atoms with Crippen LogP contribution in [0.2, 0.25) is 0 Å². The maximum atomic E-state index is 13.0. The molecule has 2 amide bonds. The van der Waals surface area contributed by atoms with Gasteiger partial charge in [0.05, 0.1) is 6.10 Å². The molecule has 5 rings (SSSR count). The van der Waals surface area contributed by atoms with E-state index in [1.54, 1.807) is 0 Å². The highest BCUT2D eigenvalue weighted by atomic mass is 16.3. The minimum absolute atomic E-state index is 0.0364. The number of hydrogen-bond donors (Lipinski definition) is 4.